The molecular formula is C16H21NO3. The maximum absolute atomic E-state index is 12.4. The first kappa shape index (κ1) is 12.5. The summed E-state index contributed by atoms with van der Waals surface area (Å²) in [6.07, 6.45) is 7.82. The van der Waals surface area contributed by atoms with Crippen LogP contribution >= 0.6 is 0 Å². The molecule has 0 saturated heterocycles. The highest BCUT2D eigenvalue weighted by atomic mass is 16.5. The molecule has 4 nitrogen and oxygen atoms in total. The highest BCUT2D eigenvalue weighted by Gasteiger charge is 2.40. The van der Waals surface area contributed by atoms with Crippen LogP contribution in [-0.4, -0.2) is 24.3 Å². The van der Waals surface area contributed by atoms with Gasteiger partial charge in [-0.15, -0.1) is 0 Å². The second kappa shape index (κ2) is 4.62. The molecule has 1 fully saturated rings. The molecule has 0 spiro atoms. The standard InChI is InChI=1S/C16H21NO3/c1-19-9-6-7-10-12(8-9)16(18)17-14-11-4-2-3-5-13(11)20-15(10)14/h9,11,13H,2-8H2,1H3,(H,17,18). The minimum atomic E-state index is 0.0790. The van der Waals surface area contributed by atoms with E-state index in [9.17, 15) is 4.79 Å². The van der Waals surface area contributed by atoms with Crippen molar-refractivity contribution in [3.8, 4) is 5.75 Å². The molecule has 2 aliphatic carbocycles. The van der Waals surface area contributed by atoms with Crippen molar-refractivity contribution in [2.45, 2.75) is 63.1 Å². The number of ether oxygens (including phenoxy) is 2. The molecule has 4 rings (SSSR count). The maximum atomic E-state index is 12.4. The van der Waals surface area contributed by atoms with Gasteiger partial charge in [-0.3, -0.25) is 4.79 Å². The van der Waals surface area contributed by atoms with Crippen LogP contribution in [-0.2, 0) is 17.6 Å². The summed E-state index contributed by atoms with van der Waals surface area (Å²) in [6.45, 7) is 0. The first-order chi connectivity index (χ1) is 9.78. The lowest BCUT2D eigenvalue weighted by Crippen LogP contribution is -2.29. The third kappa shape index (κ3) is 1.74. The van der Waals surface area contributed by atoms with Gasteiger partial charge < -0.3 is 14.5 Å². The Morgan fingerprint density at radius 3 is 2.90 bits per heavy atom. The lowest BCUT2D eigenvalue weighted by molar-refractivity contribution is 0.0898. The topological polar surface area (TPSA) is 51.3 Å². The molecular weight excluding hydrogens is 254 g/mol. The summed E-state index contributed by atoms with van der Waals surface area (Å²) < 4.78 is 11.6. The molecule has 1 aromatic heterocycles. The smallest absolute Gasteiger partial charge is 0.251 e. The number of aromatic nitrogens is 1. The third-order valence-electron chi connectivity index (χ3n) is 5.23. The van der Waals surface area contributed by atoms with E-state index in [2.05, 4.69) is 4.98 Å². The summed E-state index contributed by atoms with van der Waals surface area (Å²) in [5.74, 6) is 1.42. The van der Waals surface area contributed by atoms with E-state index in [1.54, 1.807) is 7.11 Å². The van der Waals surface area contributed by atoms with E-state index in [4.69, 9.17) is 9.47 Å². The van der Waals surface area contributed by atoms with E-state index >= 15 is 0 Å². The average Bonchev–Trinajstić information content (AvgIpc) is 2.86. The Morgan fingerprint density at radius 2 is 2.05 bits per heavy atom. The normalized spacial score (nSPS) is 31.1. The van der Waals surface area contributed by atoms with Crippen LogP contribution in [0.5, 0.6) is 5.75 Å². The quantitative estimate of drug-likeness (QED) is 0.855. The summed E-state index contributed by atoms with van der Waals surface area (Å²) in [7, 11) is 1.72. The molecule has 1 N–H and O–H groups in total. The van der Waals surface area contributed by atoms with Crippen molar-refractivity contribution >= 4 is 0 Å². The molecule has 0 aromatic carbocycles. The molecule has 1 aliphatic heterocycles. The molecule has 4 heteroatoms. The number of hydrogen-bond donors (Lipinski definition) is 1. The van der Waals surface area contributed by atoms with Crippen LogP contribution in [0.2, 0.25) is 0 Å². The maximum Gasteiger partial charge on any atom is 0.251 e. The number of fused-ring (bicyclic) bond motifs is 5. The number of rotatable bonds is 1. The summed E-state index contributed by atoms with van der Waals surface area (Å²) in [6, 6.07) is 0. The van der Waals surface area contributed by atoms with Crippen LogP contribution in [0.1, 0.15) is 54.8 Å². The Bertz CT molecular complexity index is 592. The molecule has 1 saturated carbocycles. The Hall–Kier alpha value is -1.29. The first-order valence-electron chi connectivity index (χ1n) is 7.75. The zero-order valence-electron chi connectivity index (χ0n) is 11.9. The number of methoxy groups -OCH3 is 1. The van der Waals surface area contributed by atoms with Crippen LogP contribution < -0.4 is 10.3 Å². The molecule has 108 valence electrons. The predicted molar refractivity (Wildman–Crippen MR) is 75.5 cm³/mol. The van der Waals surface area contributed by atoms with Gasteiger partial charge in [-0.25, -0.2) is 0 Å². The molecule has 0 amide bonds. The fourth-order valence-corrected chi connectivity index (χ4v) is 4.12. The van der Waals surface area contributed by atoms with E-state index in [0.29, 0.717) is 18.4 Å². The van der Waals surface area contributed by atoms with Crippen LogP contribution in [0.3, 0.4) is 0 Å². The van der Waals surface area contributed by atoms with Gasteiger partial charge in [-0.05, 0) is 32.1 Å². The lowest BCUT2D eigenvalue weighted by Gasteiger charge is -2.24. The molecule has 0 bridgehead atoms. The van der Waals surface area contributed by atoms with Crippen molar-refractivity contribution in [1.29, 1.82) is 0 Å². The van der Waals surface area contributed by atoms with Crippen molar-refractivity contribution in [3.05, 3.63) is 27.2 Å². The lowest BCUT2D eigenvalue weighted by atomic mass is 9.84. The van der Waals surface area contributed by atoms with E-state index in [1.807, 2.05) is 0 Å². The summed E-state index contributed by atoms with van der Waals surface area (Å²) in [5.41, 5.74) is 3.21. The number of pyridine rings is 1. The molecule has 0 radical (unpaired) electrons. The van der Waals surface area contributed by atoms with Gasteiger partial charge in [0.2, 0.25) is 0 Å². The van der Waals surface area contributed by atoms with Crippen LogP contribution in [0.25, 0.3) is 0 Å². The number of nitrogens with one attached hydrogen (secondary N) is 1. The summed E-state index contributed by atoms with van der Waals surface area (Å²) >= 11 is 0. The minimum absolute atomic E-state index is 0.0790. The fourth-order valence-electron chi connectivity index (χ4n) is 4.12. The number of aromatic amines is 1. The second-order valence-electron chi connectivity index (χ2n) is 6.30. The van der Waals surface area contributed by atoms with Crippen molar-refractivity contribution in [2.75, 3.05) is 7.11 Å². The van der Waals surface area contributed by atoms with E-state index in [1.165, 1.54) is 12.8 Å². The first-order valence-corrected chi connectivity index (χ1v) is 7.75. The van der Waals surface area contributed by atoms with Crippen LogP contribution in [0, 0.1) is 0 Å². The molecule has 1 aromatic rings. The minimum Gasteiger partial charge on any atom is -0.488 e. The molecule has 3 aliphatic rings. The van der Waals surface area contributed by atoms with Gasteiger partial charge in [0.1, 0.15) is 11.9 Å². The fraction of sp³-hybridized carbons (Fsp3) is 0.688. The van der Waals surface area contributed by atoms with Gasteiger partial charge in [0, 0.05) is 30.6 Å². The van der Waals surface area contributed by atoms with Gasteiger partial charge >= 0.3 is 0 Å². The third-order valence-corrected chi connectivity index (χ3v) is 5.23. The Morgan fingerprint density at radius 1 is 1.20 bits per heavy atom. The van der Waals surface area contributed by atoms with Crippen molar-refractivity contribution in [1.82, 2.24) is 4.98 Å². The monoisotopic (exact) mass is 275 g/mol. The largest absolute Gasteiger partial charge is 0.488 e. The van der Waals surface area contributed by atoms with Gasteiger partial charge in [-0.2, -0.15) is 0 Å². The summed E-state index contributed by atoms with van der Waals surface area (Å²) in [4.78, 5) is 15.5. The average molecular weight is 275 g/mol. The van der Waals surface area contributed by atoms with Crippen molar-refractivity contribution < 1.29 is 9.47 Å². The van der Waals surface area contributed by atoms with Gasteiger partial charge in [0.05, 0.1) is 11.8 Å². The summed E-state index contributed by atoms with van der Waals surface area (Å²) in [5, 5.41) is 0. The van der Waals surface area contributed by atoms with E-state index in [-0.39, 0.29) is 11.7 Å². The van der Waals surface area contributed by atoms with Crippen molar-refractivity contribution in [3.63, 3.8) is 0 Å². The highest BCUT2D eigenvalue weighted by Crippen LogP contribution is 2.47. The number of H-pyrrole nitrogens is 1. The molecule has 3 atom stereocenters. The van der Waals surface area contributed by atoms with Crippen LogP contribution in [0.15, 0.2) is 4.79 Å². The Balaban J connectivity index is 1.80. The van der Waals surface area contributed by atoms with Gasteiger partial charge in [-0.1, -0.05) is 6.42 Å². The van der Waals surface area contributed by atoms with Crippen molar-refractivity contribution in [2.24, 2.45) is 0 Å². The van der Waals surface area contributed by atoms with Gasteiger partial charge in [0.15, 0.2) is 0 Å². The SMILES string of the molecule is COC1CCc2c3c([nH]c(=O)c2C1)C1CCCCC1O3. The Kier molecular flexibility index (Phi) is 2.88. The number of hydrogen-bond acceptors (Lipinski definition) is 3. The zero-order valence-corrected chi connectivity index (χ0v) is 11.9. The zero-order chi connectivity index (χ0) is 13.7. The predicted octanol–water partition coefficient (Wildman–Crippen LogP) is 2.30. The highest BCUT2D eigenvalue weighted by molar-refractivity contribution is 5.48. The van der Waals surface area contributed by atoms with Gasteiger partial charge in [0.25, 0.3) is 5.56 Å². The van der Waals surface area contributed by atoms with E-state index < -0.39 is 0 Å². The van der Waals surface area contributed by atoms with E-state index in [0.717, 1.165) is 48.3 Å². The Labute approximate surface area is 118 Å². The molecule has 3 unspecified atom stereocenters. The molecule has 2 heterocycles. The van der Waals surface area contributed by atoms with Crippen LogP contribution in [0.4, 0.5) is 0 Å². The second-order valence-corrected chi connectivity index (χ2v) is 6.30. The molecule has 20 heavy (non-hydrogen) atoms.